The van der Waals surface area contributed by atoms with E-state index in [0.29, 0.717) is 0 Å². The summed E-state index contributed by atoms with van der Waals surface area (Å²) in [6, 6.07) is 0. The molecule has 0 spiro atoms. The molecule has 1 rings (SSSR count). The molecule has 1 N–H and O–H groups in total. The molecule has 8 heavy (non-hydrogen) atoms. The second-order valence-electron chi connectivity index (χ2n) is 1.09. The van der Waals surface area contributed by atoms with Gasteiger partial charge in [-0.05, 0) is 0 Å². The van der Waals surface area contributed by atoms with E-state index in [1.807, 2.05) is 0 Å². The molecule has 0 saturated carbocycles. The number of rotatable bonds is 0. The summed E-state index contributed by atoms with van der Waals surface area (Å²) in [4.78, 5) is 17.9. The first-order valence-electron chi connectivity index (χ1n) is 1.86. The summed E-state index contributed by atoms with van der Waals surface area (Å²) in [5.74, 6) is 0. The van der Waals surface area contributed by atoms with Crippen LogP contribution < -0.4 is 5.69 Å². The molecule has 5 heteroatoms. The van der Waals surface area contributed by atoms with Gasteiger partial charge in [0.15, 0.2) is 0 Å². The van der Waals surface area contributed by atoms with E-state index in [0.717, 1.165) is 6.33 Å². The highest BCUT2D eigenvalue weighted by Gasteiger charge is 1.86. The summed E-state index contributed by atoms with van der Waals surface area (Å²) in [5, 5.41) is 0. The highest BCUT2D eigenvalue weighted by molar-refractivity contribution is 4.59. The first kappa shape index (κ1) is 4.89. The fourth-order valence-corrected chi connectivity index (χ4v) is 0.285. The lowest BCUT2D eigenvalue weighted by molar-refractivity contribution is 0.526. The third-order valence-corrected chi connectivity index (χ3v) is 0.556. The van der Waals surface area contributed by atoms with Crippen LogP contribution >= 0.6 is 0 Å². The van der Waals surface area contributed by atoms with E-state index >= 15 is 0 Å². The third kappa shape index (κ3) is 0.868. The van der Waals surface area contributed by atoms with Crippen molar-refractivity contribution in [1.82, 2.24) is 15.0 Å². The number of nitrogens with zero attached hydrogens (tertiary/aromatic N) is 2. The van der Waals surface area contributed by atoms with E-state index in [2.05, 4.69) is 9.97 Å². The minimum absolute atomic E-state index is 0.725. The molecule has 42 valence electrons. The quantitative estimate of drug-likeness (QED) is 0.486. The summed E-state index contributed by atoms with van der Waals surface area (Å²) >= 11 is 0. The van der Waals surface area contributed by atoms with Gasteiger partial charge in [0.1, 0.15) is 6.33 Å². The molecule has 0 fully saturated rings. The zero-order valence-electron chi connectivity index (χ0n) is 3.76. The number of hydrogen-bond acceptors (Lipinski definition) is 3. The first-order valence-corrected chi connectivity index (χ1v) is 1.86. The van der Waals surface area contributed by atoms with Gasteiger partial charge in [-0.15, -0.1) is 0 Å². The van der Waals surface area contributed by atoms with Gasteiger partial charge in [0.05, 0.1) is 0 Å². The van der Waals surface area contributed by atoms with Gasteiger partial charge >= 0.3 is 5.69 Å². The number of halogens is 1. The van der Waals surface area contributed by atoms with Crippen LogP contribution in [0.25, 0.3) is 0 Å². The molecular weight excluding hydrogens is 113 g/mol. The molecule has 0 aliphatic carbocycles. The van der Waals surface area contributed by atoms with Crippen LogP contribution in [0.5, 0.6) is 0 Å². The molecule has 0 bridgehead atoms. The smallest absolute Gasteiger partial charge is 0.266 e. The zero-order valence-corrected chi connectivity index (χ0v) is 3.76. The van der Waals surface area contributed by atoms with E-state index in [4.69, 9.17) is 0 Å². The average molecular weight is 115 g/mol. The Bertz CT molecular complexity index is 232. The highest BCUT2D eigenvalue weighted by Crippen LogP contribution is 1.71. The van der Waals surface area contributed by atoms with E-state index in [9.17, 15) is 9.18 Å². The summed E-state index contributed by atoms with van der Waals surface area (Å²) in [6.07, 6.45) is -0.0567. The Hall–Kier alpha value is -1.26. The molecule has 4 nitrogen and oxygen atoms in total. The number of hydrogen-bond donors (Lipinski definition) is 1. The molecule has 0 aliphatic rings. The Balaban J connectivity index is 3.28. The molecule has 0 amide bonds. The minimum Gasteiger partial charge on any atom is -0.266 e. The standard InChI is InChI=1S/C3H2FN3O/c4-2-5-1-6-3(8)7-2/h1H,(H,5,6,7,8). The molecule has 0 aromatic carbocycles. The fourth-order valence-electron chi connectivity index (χ4n) is 0.285. The Morgan fingerprint density at radius 2 is 2.38 bits per heavy atom. The van der Waals surface area contributed by atoms with Crippen LogP contribution in [-0.4, -0.2) is 15.0 Å². The van der Waals surface area contributed by atoms with Gasteiger partial charge in [-0.1, -0.05) is 0 Å². The van der Waals surface area contributed by atoms with Gasteiger partial charge in [0.2, 0.25) is 0 Å². The molecule has 0 atom stereocenters. The van der Waals surface area contributed by atoms with Crippen molar-refractivity contribution in [2.45, 2.75) is 0 Å². The molecular formula is C3H2FN3O. The van der Waals surface area contributed by atoms with Crippen molar-refractivity contribution in [2.24, 2.45) is 0 Å². The third-order valence-electron chi connectivity index (χ3n) is 0.556. The molecule has 0 unspecified atom stereocenters. The van der Waals surface area contributed by atoms with Crippen LogP contribution in [0.1, 0.15) is 0 Å². The molecule has 0 radical (unpaired) electrons. The van der Waals surface area contributed by atoms with E-state index in [-0.39, 0.29) is 0 Å². The van der Waals surface area contributed by atoms with Crippen LogP contribution in [-0.2, 0) is 0 Å². The maximum Gasteiger partial charge on any atom is 0.349 e. The SMILES string of the molecule is O=c1ncnc(F)[nH]1. The number of aromatic amines is 1. The van der Waals surface area contributed by atoms with Crippen molar-refractivity contribution < 1.29 is 4.39 Å². The zero-order chi connectivity index (χ0) is 5.98. The number of H-pyrrole nitrogens is 1. The lowest BCUT2D eigenvalue weighted by atomic mass is 11.0. The lowest BCUT2D eigenvalue weighted by Gasteiger charge is -1.79. The monoisotopic (exact) mass is 115 g/mol. The fraction of sp³-hybridized carbons (Fsp3) is 0. The van der Waals surface area contributed by atoms with Gasteiger partial charge in [-0.2, -0.15) is 14.4 Å². The van der Waals surface area contributed by atoms with Crippen molar-refractivity contribution in [3.05, 3.63) is 22.9 Å². The summed E-state index contributed by atoms with van der Waals surface area (Å²) in [5.41, 5.74) is -0.725. The first-order chi connectivity index (χ1) is 3.79. The van der Waals surface area contributed by atoms with Gasteiger partial charge < -0.3 is 0 Å². The van der Waals surface area contributed by atoms with Crippen LogP contribution in [0, 0.1) is 6.08 Å². The van der Waals surface area contributed by atoms with Gasteiger partial charge in [-0.25, -0.2) is 4.79 Å². The van der Waals surface area contributed by atoms with Crippen LogP contribution in [0.15, 0.2) is 11.1 Å². The van der Waals surface area contributed by atoms with Crippen molar-refractivity contribution in [2.75, 3.05) is 0 Å². The summed E-state index contributed by atoms with van der Waals surface area (Å²) < 4.78 is 11.8. The van der Waals surface area contributed by atoms with Gasteiger partial charge in [-0.3, -0.25) is 4.98 Å². The van der Waals surface area contributed by atoms with E-state index in [1.54, 1.807) is 4.98 Å². The highest BCUT2D eigenvalue weighted by atomic mass is 19.1. The second kappa shape index (κ2) is 1.69. The molecule has 1 aromatic rings. The van der Waals surface area contributed by atoms with Crippen LogP contribution in [0.3, 0.4) is 0 Å². The van der Waals surface area contributed by atoms with Gasteiger partial charge in [0.25, 0.3) is 6.08 Å². The lowest BCUT2D eigenvalue weighted by Crippen LogP contribution is -2.11. The molecule has 0 saturated heterocycles. The number of nitrogens with one attached hydrogen (secondary N) is 1. The maximum absolute atomic E-state index is 11.8. The topological polar surface area (TPSA) is 58.6 Å². The number of aromatic nitrogens is 3. The summed E-state index contributed by atoms with van der Waals surface area (Å²) in [7, 11) is 0. The maximum atomic E-state index is 11.8. The van der Waals surface area contributed by atoms with Gasteiger partial charge in [0, 0.05) is 0 Å². The Kier molecular flexibility index (Phi) is 1.03. The second-order valence-corrected chi connectivity index (χ2v) is 1.09. The van der Waals surface area contributed by atoms with Crippen molar-refractivity contribution in [3.8, 4) is 0 Å². The van der Waals surface area contributed by atoms with E-state index < -0.39 is 11.8 Å². The minimum atomic E-state index is -0.912. The predicted molar refractivity (Wildman–Crippen MR) is 22.6 cm³/mol. The molecule has 1 heterocycles. The van der Waals surface area contributed by atoms with Crippen LogP contribution in [0.2, 0.25) is 0 Å². The Morgan fingerprint density at radius 1 is 1.62 bits per heavy atom. The summed E-state index contributed by atoms with van der Waals surface area (Å²) in [6.45, 7) is 0. The normalized spacial score (nSPS) is 9.12. The van der Waals surface area contributed by atoms with Crippen molar-refractivity contribution in [1.29, 1.82) is 0 Å². The predicted octanol–water partition coefficient (Wildman–Crippen LogP) is -0.696. The largest absolute Gasteiger partial charge is 0.349 e. The Morgan fingerprint density at radius 3 is 2.75 bits per heavy atom. The van der Waals surface area contributed by atoms with Crippen molar-refractivity contribution >= 4 is 0 Å². The Labute approximate surface area is 43.4 Å². The average Bonchev–Trinajstić information content (AvgIpc) is 1.64. The molecule has 0 aliphatic heterocycles. The van der Waals surface area contributed by atoms with Crippen LogP contribution in [0.4, 0.5) is 4.39 Å². The van der Waals surface area contributed by atoms with Crippen molar-refractivity contribution in [3.63, 3.8) is 0 Å². The van der Waals surface area contributed by atoms with E-state index in [1.165, 1.54) is 0 Å². The molecule has 1 aromatic heterocycles.